The fourth-order valence-corrected chi connectivity index (χ4v) is 19.7. The number of carboxylic acids is 1. The number of hydrogen-bond acceptors (Lipinski definition) is 34. The molecule has 6 saturated heterocycles. The lowest BCUT2D eigenvalue weighted by molar-refractivity contribution is -0.384. The average molecular weight is 1480 g/mol. The summed E-state index contributed by atoms with van der Waals surface area (Å²) in [6.07, 6.45) is -45.3. The molecule has 6 heterocycles. The van der Waals surface area contributed by atoms with Crippen LogP contribution in [0.2, 0.25) is 0 Å². The van der Waals surface area contributed by atoms with E-state index in [4.69, 9.17) is 66.3 Å². The van der Waals surface area contributed by atoms with Crippen LogP contribution >= 0.6 is 0 Å². The molecule has 17 N–H and O–H groups in total. The zero-order chi connectivity index (χ0) is 75.5. The minimum Gasteiger partial charge on any atom is -0.481 e. The molecule has 11 aliphatic rings. The number of aliphatic hydroxyl groups excluding tert-OH is 15. The SMILES string of the molecule is CC(=O)O[C@H]1[C@@H](OC(C)=O)[C@@H](C)O[C@@H](OC(=O)[C@]23CCC(C)(C)C[C@H]2C2=CC[C@@H]4[C@@]5(C)C[C@H](O)[C@H](O[C@@H]6O[C@H](CO)[C@@H](O)[C@H](O)[C@H]6O[C@@H]6O[C@H](CO)[C@@H](O)[C@H](O)[C@H]6O)[C@@](C)(C(=O)O)[C@@H]5CC[C@@]4(C)[C@]2(CO)CC3)[C@@H]1O[C@@H]1O[C@@H](C)[C@H](O[C@@H]2OC[C@@H](O)[C@H](O)[C@H]2O)[C@@H](O[C@@H]2OC[C@](O)(CO)[C@H]2O)[C@H]1O. The van der Waals surface area contributed by atoms with Crippen molar-refractivity contribution < 1.29 is 172 Å². The van der Waals surface area contributed by atoms with Crippen molar-refractivity contribution in [1.29, 1.82) is 0 Å². The van der Waals surface area contributed by atoms with Crippen LogP contribution in [0.3, 0.4) is 0 Å². The van der Waals surface area contributed by atoms with Gasteiger partial charge < -0.3 is 153 Å². The van der Waals surface area contributed by atoms with Crippen molar-refractivity contribution in [3.05, 3.63) is 11.6 Å². The van der Waals surface area contributed by atoms with Crippen LogP contribution in [0.4, 0.5) is 0 Å². The number of carbonyl (C=O) groups is 4. The third kappa shape index (κ3) is 13.8. The molecule has 4 saturated carbocycles. The first kappa shape index (κ1) is 80.6. The number of aliphatic hydroxyl groups is 16. The molecule has 0 bridgehead atoms. The lowest BCUT2D eigenvalue weighted by Crippen LogP contribution is -2.71. The first-order valence-electron chi connectivity index (χ1n) is 35.5. The normalized spacial score (nSPS) is 51.9. The second-order valence-corrected chi connectivity index (χ2v) is 32.1. The molecule has 37 atom stereocenters. The molecule has 0 spiro atoms. The summed E-state index contributed by atoms with van der Waals surface area (Å²) in [5.74, 6) is -5.95. The highest BCUT2D eigenvalue weighted by molar-refractivity contribution is 5.79. The quantitative estimate of drug-likeness (QED) is 0.0249. The first-order chi connectivity index (χ1) is 48.3. The van der Waals surface area contributed by atoms with E-state index in [1.54, 1.807) is 0 Å². The van der Waals surface area contributed by atoms with Crippen molar-refractivity contribution >= 4 is 23.9 Å². The molecular weight excluding hydrogens is 1380 g/mol. The Hall–Kier alpha value is -3.46. The number of ether oxygens (including phenoxy) is 14. The molecule has 6 aliphatic heterocycles. The average Bonchev–Trinajstić information content (AvgIpc) is 0.964. The second kappa shape index (κ2) is 30.1. The van der Waals surface area contributed by atoms with Gasteiger partial charge in [0.1, 0.15) is 103 Å². The number of fused-ring (bicyclic) bond motifs is 7. The van der Waals surface area contributed by atoms with Crippen LogP contribution in [0, 0.1) is 50.2 Å². The summed E-state index contributed by atoms with van der Waals surface area (Å²) in [5.41, 5.74) is -8.40. The summed E-state index contributed by atoms with van der Waals surface area (Å²) in [4.78, 5) is 56.5. The van der Waals surface area contributed by atoms with E-state index in [2.05, 4.69) is 13.8 Å². The van der Waals surface area contributed by atoms with Gasteiger partial charge in [-0.05, 0) is 113 Å². The van der Waals surface area contributed by atoms with Crippen LogP contribution < -0.4 is 0 Å². The highest BCUT2D eigenvalue weighted by Gasteiger charge is 2.74. The molecule has 0 unspecified atom stereocenters. The summed E-state index contributed by atoms with van der Waals surface area (Å²) in [5, 5.41) is 188. The van der Waals surface area contributed by atoms with Crippen molar-refractivity contribution in [2.24, 2.45) is 50.2 Å². The van der Waals surface area contributed by atoms with E-state index >= 15 is 4.79 Å². The van der Waals surface area contributed by atoms with E-state index in [9.17, 15) is 101 Å². The predicted molar refractivity (Wildman–Crippen MR) is 337 cm³/mol. The smallest absolute Gasteiger partial charge is 0.315 e. The molecular formula is C68H106O35. The lowest BCUT2D eigenvalue weighted by atomic mass is 9.33. The third-order valence-corrected chi connectivity index (χ3v) is 25.5. The van der Waals surface area contributed by atoms with Gasteiger partial charge in [0.05, 0.1) is 68.8 Å². The van der Waals surface area contributed by atoms with Crippen molar-refractivity contribution in [2.45, 2.75) is 298 Å². The maximum Gasteiger partial charge on any atom is 0.315 e. The number of hydrogen-bond donors (Lipinski definition) is 17. The lowest BCUT2D eigenvalue weighted by Gasteiger charge is -2.71. The van der Waals surface area contributed by atoms with Gasteiger partial charge in [-0.15, -0.1) is 0 Å². The van der Waals surface area contributed by atoms with Gasteiger partial charge in [-0.3, -0.25) is 19.2 Å². The van der Waals surface area contributed by atoms with Gasteiger partial charge in [-0.25, -0.2) is 0 Å². The highest BCUT2D eigenvalue weighted by Crippen LogP contribution is 2.76. The van der Waals surface area contributed by atoms with Crippen LogP contribution in [0.25, 0.3) is 0 Å². The molecule has 588 valence electrons. The summed E-state index contributed by atoms with van der Waals surface area (Å²) in [6.45, 7) is 10.2. The summed E-state index contributed by atoms with van der Waals surface area (Å²) >= 11 is 0. The maximum atomic E-state index is 16.1. The number of aliphatic carboxylic acids is 1. The van der Waals surface area contributed by atoms with Crippen molar-refractivity contribution in [2.75, 3.05) is 39.6 Å². The van der Waals surface area contributed by atoms with Gasteiger partial charge >= 0.3 is 23.9 Å². The number of carbonyl (C=O) groups excluding carboxylic acids is 3. The van der Waals surface area contributed by atoms with Gasteiger partial charge in [0.25, 0.3) is 0 Å². The number of carboxylic acid groups (broad SMARTS) is 1. The van der Waals surface area contributed by atoms with Gasteiger partial charge in [0.2, 0.25) is 6.29 Å². The van der Waals surface area contributed by atoms with E-state index in [1.807, 2.05) is 19.9 Å². The van der Waals surface area contributed by atoms with Gasteiger partial charge in [-0.2, -0.15) is 0 Å². The Balaban J connectivity index is 0.899. The van der Waals surface area contributed by atoms with E-state index in [0.29, 0.717) is 19.3 Å². The van der Waals surface area contributed by atoms with Crippen molar-refractivity contribution in [1.82, 2.24) is 0 Å². The minimum atomic E-state index is -2.25. The summed E-state index contributed by atoms with van der Waals surface area (Å²) < 4.78 is 84.9. The second-order valence-electron chi connectivity index (χ2n) is 32.1. The van der Waals surface area contributed by atoms with Gasteiger partial charge in [0, 0.05) is 19.3 Å². The molecule has 0 radical (unpaired) electrons. The van der Waals surface area contributed by atoms with Crippen LogP contribution in [-0.4, -0.2) is 328 Å². The van der Waals surface area contributed by atoms with Crippen molar-refractivity contribution in [3.8, 4) is 0 Å². The molecule has 0 aromatic carbocycles. The minimum absolute atomic E-state index is 0.0942. The van der Waals surface area contributed by atoms with Crippen LogP contribution in [-0.2, 0) is 85.5 Å². The zero-order valence-electron chi connectivity index (χ0n) is 59.0. The third-order valence-electron chi connectivity index (χ3n) is 25.5. The fraction of sp³-hybridized carbons (Fsp3) is 0.912. The van der Waals surface area contributed by atoms with E-state index in [0.717, 1.165) is 19.4 Å². The predicted octanol–water partition coefficient (Wildman–Crippen LogP) is -4.90. The van der Waals surface area contributed by atoms with E-state index in [1.165, 1.54) is 20.8 Å². The molecule has 103 heavy (non-hydrogen) atoms. The molecule has 35 nitrogen and oxygen atoms in total. The molecule has 0 aromatic heterocycles. The Morgan fingerprint density at radius 1 is 0.524 bits per heavy atom. The largest absolute Gasteiger partial charge is 0.481 e. The Kier molecular flexibility index (Phi) is 23.5. The van der Waals surface area contributed by atoms with E-state index in [-0.39, 0.29) is 38.5 Å². The van der Waals surface area contributed by atoms with Crippen LogP contribution in [0.1, 0.15) is 120 Å². The van der Waals surface area contributed by atoms with Gasteiger partial charge in [-0.1, -0.05) is 39.3 Å². The number of esters is 3. The fourth-order valence-electron chi connectivity index (χ4n) is 19.7. The summed E-state index contributed by atoms with van der Waals surface area (Å²) in [6, 6.07) is 0. The standard InChI is InChI=1S/C68H106O35/c1-26-46(98-54-43(82)38(77)33(76)22-90-54)48(99-59-52(85)68(89,24-72)25-91-59)45(84)56(92-26)101-51-50(95-29(4)74)47(94-28(3)73)27(2)93-58(51)103-61(88)66-15-14-62(5,6)18-31(66)30-10-11-36-63(7)19-32(75)53(65(9,60(86)87)37(63)12-13-64(36,8)67(30,23-71)17-16-66)102-57-49(42(81)40(79)35(21-70)97-57)100-55-44(83)41(80)39(78)34(20-69)96-55/h10,26-27,31-59,69-72,75-85,89H,11-25H2,1-9H3,(H,86,87)/t26-,27+,31-,32-,33+,34+,35+,36+,37+,38-,39+,40+,41-,42-,43+,44+,45+,46-,47-,48-,49+,50-,51+,52-,53-,54-,55-,56-,57-,58-,59-,63+,64+,65-,66-,67-,68+/m0/s1. The van der Waals surface area contributed by atoms with Gasteiger partial charge in [0.15, 0.2) is 49.8 Å². The Labute approximate surface area is 593 Å². The number of rotatable bonds is 19. The molecule has 35 heteroatoms. The Morgan fingerprint density at radius 2 is 1.10 bits per heavy atom. The maximum absolute atomic E-state index is 16.1. The Bertz CT molecular complexity index is 3050. The highest BCUT2D eigenvalue weighted by atomic mass is 16.8. The first-order valence-corrected chi connectivity index (χ1v) is 35.5. The molecule has 10 fully saturated rings. The van der Waals surface area contributed by atoms with Crippen LogP contribution in [0.15, 0.2) is 11.6 Å². The molecule has 11 rings (SSSR count). The monoisotopic (exact) mass is 1480 g/mol. The van der Waals surface area contributed by atoms with Crippen molar-refractivity contribution in [3.63, 3.8) is 0 Å². The molecule has 0 amide bonds. The number of allylic oxidation sites excluding steroid dienone is 1. The Morgan fingerprint density at radius 3 is 1.72 bits per heavy atom. The van der Waals surface area contributed by atoms with E-state index < -0.39 is 291 Å². The van der Waals surface area contributed by atoms with Crippen LogP contribution in [0.5, 0.6) is 0 Å². The zero-order valence-corrected chi connectivity index (χ0v) is 59.0. The topological polar surface area (TPSA) is 541 Å². The molecule has 5 aliphatic carbocycles. The molecule has 0 aromatic rings. The summed E-state index contributed by atoms with van der Waals surface area (Å²) in [7, 11) is 0.